The Bertz CT molecular complexity index is 1130. The zero-order valence-electron chi connectivity index (χ0n) is 15.7. The summed E-state index contributed by atoms with van der Waals surface area (Å²) >= 11 is 0. The van der Waals surface area contributed by atoms with Crippen LogP contribution in [0.3, 0.4) is 0 Å². The average Bonchev–Trinajstić information content (AvgIpc) is 3.52. The molecule has 4 heterocycles. The number of fused-ring (bicyclic) bond motifs is 1. The lowest BCUT2D eigenvalue weighted by molar-refractivity contribution is -0.140. The summed E-state index contributed by atoms with van der Waals surface area (Å²) < 4.78 is 21.9. The van der Waals surface area contributed by atoms with E-state index < -0.39 is 17.7 Å². The number of nitrogens with zero attached hydrogens (tertiary/aromatic N) is 1. The number of aliphatic hydroxyl groups is 1. The largest absolute Gasteiger partial charge is 0.507 e. The summed E-state index contributed by atoms with van der Waals surface area (Å²) in [5.74, 6) is 0.0341. The van der Waals surface area contributed by atoms with E-state index in [9.17, 15) is 14.7 Å². The molecule has 2 aliphatic rings. The van der Waals surface area contributed by atoms with Crippen molar-refractivity contribution >= 4 is 17.4 Å². The van der Waals surface area contributed by atoms with Crippen molar-refractivity contribution in [3.63, 3.8) is 0 Å². The Labute approximate surface area is 170 Å². The molecule has 3 aromatic rings. The Balaban J connectivity index is 1.61. The molecule has 1 unspecified atom stereocenters. The molecule has 1 amide bonds. The first-order valence-corrected chi connectivity index (χ1v) is 9.37. The summed E-state index contributed by atoms with van der Waals surface area (Å²) in [6.07, 6.45) is 2.94. The molecule has 0 radical (unpaired) electrons. The predicted molar refractivity (Wildman–Crippen MR) is 103 cm³/mol. The summed E-state index contributed by atoms with van der Waals surface area (Å²) in [4.78, 5) is 27.1. The highest BCUT2D eigenvalue weighted by molar-refractivity contribution is 6.46. The minimum absolute atomic E-state index is 0.0564. The number of amides is 1. The van der Waals surface area contributed by atoms with E-state index in [-0.39, 0.29) is 17.9 Å². The van der Waals surface area contributed by atoms with Gasteiger partial charge in [-0.25, -0.2) is 0 Å². The summed E-state index contributed by atoms with van der Waals surface area (Å²) in [5.41, 5.74) is 0.282. The predicted octanol–water partition coefficient (Wildman–Crippen LogP) is 3.27. The second kappa shape index (κ2) is 7.14. The number of hydrogen-bond donors (Lipinski definition) is 1. The molecule has 152 valence electrons. The van der Waals surface area contributed by atoms with Gasteiger partial charge in [-0.3, -0.25) is 9.59 Å². The maximum Gasteiger partial charge on any atom is 0.296 e. The monoisotopic (exact) mass is 407 g/mol. The summed E-state index contributed by atoms with van der Waals surface area (Å²) in [5, 5.41) is 11.0. The molecule has 1 fully saturated rings. The van der Waals surface area contributed by atoms with Gasteiger partial charge in [0.1, 0.15) is 36.5 Å². The number of furan rings is 2. The number of aliphatic hydroxyl groups excluding tert-OH is 1. The molecule has 0 spiro atoms. The lowest BCUT2D eigenvalue weighted by Crippen LogP contribution is -2.28. The maximum atomic E-state index is 12.9. The number of hydrogen-bond acceptors (Lipinski definition) is 7. The Hall–Kier alpha value is -3.94. The zero-order chi connectivity index (χ0) is 20.7. The van der Waals surface area contributed by atoms with Crippen LogP contribution < -0.4 is 9.47 Å². The van der Waals surface area contributed by atoms with Gasteiger partial charge in [0.25, 0.3) is 11.7 Å². The number of Topliss-reactive ketones (excluding diaryl/α,β-unsaturated/α-hetero) is 1. The van der Waals surface area contributed by atoms with Crippen molar-refractivity contribution in [2.75, 3.05) is 13.2 Å². The molecule has 1 N–H and O–H groups in total. The van der Waals surface area contributed by atoms with Crippen LogP contribution in [0, 0.1) is 0 Å². The molecule has 1 saturated heterocycles. The standard InChI is InChI=1S/C22H17NO7/c24-20(13-5-6-15-17(11-13)30-10-9-29-15)18-19(16-4-2-8-28-16)23(22(26)21(18)25)12-14-3-1-7-27-14/h1-8,11,19,24H,9-10,12H2. The fraction of sp³-hybridized carbons (Fsp3) is 0.182. The first kappa shape index (κ1) is 18.1. The lowest BCUT2D eigenvalue weighted by atomic mass is 9.99. The topological polar surface area (TPSA) is 102 Å². The number of carbonyl (C=O) groups is 2. The van der Waals surface area contributed by atoms with E-state index in [1.54, 1.807) is 42.5 Å². The van der Waals surface area contributed by atoms with Gasteiger partial charge in [0.15, 0.2) is 11.5 Å². The zero-order valence-corrected chi connectivity index (χ0v) is 15.7. The molecule has 2 aromatic heterocycles. The fourth-order valence-corrected chi connectivity index (χ4v) is 3.70. The van der Waals surface area contributed by atoms with Crippen LogP contribution in [0.4, 0.5) is 0 Å². The van der Waals surface area contributed by atoms with Crippen molar-refractivity contribution in [1.82, 2.24) is 4.90 Å². The number of ether oxygens (including phenoxy) is 2. The van der Waals surface area contributed by atoms with Crippen molar-refractivity contribution in [3.8, 4) is 11.5 Å². The summed E-state index contributed by atoms with van der Waals surface area (Å²) in [6.45, 7) is 0.882. The van der Waals surface area contributed by atoms with Gasteiger partial charge in [0.05, 0.1) is 24.6 Å². The molecule has 1 atom stereocenters. The molecule has 5 rings (SSSR count). The SMILES string of the molecule is O=C1C(=O)N(Cc2ccco2)C(c2ccco2)C1=C(O)c1ccc2c(c1)OCCO2. The molecular weight excluding hydrogens is 390 g/mol. The van der Waals surface area contributed by atoms with E-state index in [0.717, 1.165) is 0 Å². The highest BCUT2D eigenvalue weighted by Gasteiger charge is 2.47. The van der Waals surface area contributed by atoms with Crippen LogP contribution in [-0.4, -0.2) is 34.9 Å². The highest BCUT2D eigenvalue weighted by Crippen LogP contribution is 2.41. The van der Waals surface area contributed by atoms with Crippen molar-refractivity contribution in [2.24, 2.45) is 0 Å². The molecule has 0 aliphatic carbocycles. The van der Waals surface area contributed by atoms with Crippen LogP contribution in [0.2, 0.25) is 0 Å². The number of ketones is 1. The van der Waals surface area contributed by atoms with Gasteiger partial charge in [0.2, 0.25) is 0 Å². The first-order chi connectivity index (χ1) is 14.6. The smallest absolute Gasteiger partial charge is 0.296 e. The number of rotatable bonds is 4. The third-order valence-electron chi connectivity index (χ3n) is 5.07. The number of likely N-dealkylation sites (tertiary alicyclic amines) is 1. The van der Waals surface area contributed by atoms with Crippen molar-refractivity contribution in [2.45, 2.75) is 12.6 Å². The van der Waals surface area contributed by atoms with Crippen LogP contribution in [0.5, 0.6) is 11.5 Å². The van der Waals surface area contributed by atoms with Gasteiger partial charge in [-0.15, -0.1) is 0 Å². The lowest BCUT2D eigenvalue weighted by Gasteiger charge is -2.22. The van der Waals surface area contributed by atoms with Gasteiger partial charge in [-0.2, -0.15) is 0 Å². The van der Waals surface area contributed by atoms with Gasteiger partial charge < -0.3 is 28.3 Å². The van der Waals surface area contributed by atoms with Crippen molar-refractivity contribution in [3.05, 3.63) is 77.6 Å². The Morgan fingerprint density at radius 1 is 1.00 bits per heavy atom. The minimum Gasteiger partial charge on any atom is -0.507 e. The molecule has 0 bridgehead atoms. The van der Waals surface area contributed by atoms with Crippen LogP contribution in [-0.2, 0) is 16.1 Å². The Kier molecular flexibility index (Phi) is 4.31. The molecule has 8 heteroatoms. The second-order valence-corrected chi connectivity index (χ2v) is 6.88. The quantitative estimate of drug-likeness (QED) is 0.402. The molecule has 0 saturated carbocycles. The van der Waals surface area contributed by atoms with Gasteiger partial charge in [-0.05, 0) is 42.5 Å². The first-order valence-electron chi connectivity index (χ1n) is 9.37. The summed E-state index contributed by atoms with van der Waals surface area (Å²) in [7, 11) is 0. The van der Waals surface area contributed by atoms with E-state index in [1.807, 2.05) is 0 Å². The van der Waals surface area contributed by atoms with E-state index in [1.165, 1.54) is 17.4 Å². The Morgan fingerprint density at radius 3 is 2.50 bits per heavy atom. The average molecular weight is 407 g/mol. The molecule has 1 aromatic carbocycles. The Morgan fingerprint density at radius 2 is 1.77 bits per heavy atom. The van der Waals surface area contributed by atoms with Crippen LogP contribution in [0.1, 0.15) is 23.1 Å². The fourth-order valence-electron chi connectivity index (χ4n) is 3.70. The third-order valence-corrected chi connectivity index (χ3v) is 5.07. The summed E-state index contributed by atoms with van der Waals surface area (Å²) in [6, 6.07) is 10.7. The van der Waals surface area contributed by atoms with Crippen molar-refractivity contribution < 1.29 is 33.0 Å². The van der Waals surface area contributed by atoms with Crippen LogP contribution in [0.25, 0.3) is 5.76 Å². The van der Waals surface area contributed by atoms with E-state index in [2.05, 4.69) is 0 Å². The molecule has 2 aliphatic heterocycles. The van der Waals surface area contributed by atoms with Crippen LogP contribution >= 0.6 is 0 Å². The van der Waals surface area contributed by atoms with E-state index in [4.69, 9.17) is 18.3 Å². The van der Waals surface area contributed by atoms with E-state index >= 15 is 0 Å². The normalized spacial score (nSPS) is 20.0. The van der Waals surface area contributed by atoms with Gasteiger partial charge in [0, 0.05) is 5.56 Å². The molecule has 30 heavy (non-hydrogen) atoms. The number of benzene rings is 1. The molecule has 8 nitrogen and oxygen atoms in total. The van der Waals surface area contributed by atoms with Gasteiger partial charge in [-0.1, -0.05) is 0 Å². The second-order valence-electron chi connectivity index (χ2n) is 6.88. The van der Waals surface area contributed by atoms with Crippen LogP contribution in [0.15, 0.2) is 69.4 Å². The molecular formula is C22H17NO7. The number of carbonyl (C=O) groups excluding carboxylic acids is 2. The van der Waals surface area contributed by atoms with Crippen molar-refractivity contribution in [1.29, 1.82) is 0 Å². The third kappa shape index (κ3) is 2.93. The highest BCUT2D eigenvalue weighted by atomic mass is 16.6. The van der Waals surface area contributed by atoms with E-state index in [0.29, 0.717) is 41.8 Å². The minimum atomic E-state index is -0.890. The maximum absolute atomic E-state index is 12.9. The van der Waals surface area contributed by atoms with Gasteiger partial charge >= 0.3 is 0 Å².